The molecule has 0 saturated carbocycles. The van der Waals surface area contributed by atoms with Crippen LogP contribution in [0.5, 0.6) is 11.5 Å². The maximum atomic E-state index is 9.58. The van der Waals surface area contributed by atoms with Crippen LogP contribution in [0.2, 0.25) is 0 Å². The van der Waals surface area contributed by atoms with E-state index in [1.54, 1.807) is 7.11 Å². The lowest BCUT2D eigenvalue weighted by atomic mass is 10.0. The molecular formula is C24H30N2O3. The third-order valence-corrected chi connectivity index (χ3v) is 5.80. The fourth-order valence-corrected chi connectivity index (χ4v) is 4.32. The number of hydrogen-bond donors (Lipinski definition) is 1. The SMILES string of the molecule is COc1cccc2c1OCC(CN1CCN(Cc3ccccc3)[C@@H](CCO)C1)=C2. The molecule has 0 unspecified atom stereocenters. The van der Waals surface area contributed by atoms with E-state index in [9.17, 15) is 5.11 Å². The normalized spacial score (nSPS) is 19.9. The minimum absolute atomic E-state index is 0.225. The monoisotopic (exact) mass is 394 g/mol. The molecule has 1 fully saturated rings. The van der Waals surface area contributed by atoms with Crippen molar-refractivity contribution in [1.82, 2.24) is 9.80 Å². The highest BCUT2D eigenvalue weighted by molar-refractivity contribution is 5.66. The molecule has 2 aliphatic rings. The van der Waals surface area contributed by atoms with Crippen LogP contribution < -0.4 is 9.47 Å². The summed E-state index contributed by atoms with van der Waals surface area (Å²) in [7, 11) is 1.68. The standard InChI is InChI=1S/C24H30N2O3/c1-28-23-9-5-8-21-14-20(18-29-24(21)23)15-25-11-12-26(22(17-25)10-13-27)16-19-6-3-2-4-7-19/h2-9,14,22,27H,10-13,15-18H2,1H3/t22-/m0/s1. The predicted molar refractivity (Wildman–Crippen MR) is 115 cm³/mol. The Labute approximate surface area is 173 Å². The summed E-state index contributed by atoms with van der Waals surface area (Å²) in [5.74, 6) is 1.62. The number of ether oxygens (including phenoxy) is 2. The van der Waals surface area contributed by atoms with Gasteiger partial charge in [0.15, 0.2) is 11.5 Å². The summed E-state index contributed by atoms with van der Waals surface area (Å²) in [6, 6.07) is 17.0. The van der Waals surface area contributed by atoms with Gasteiger partial charge in [0.05, 0.1) is 7.11 Å². The molecule has 5 nitrogen and oxygen atoms in total. The van der Waals surface area contributed by atoms with E-state index in [0.29, 0.717) is 12.6 Å². The summed E-state index contributed by atoms with van der Waals surface area (Å²) in [6.07, 6.45) is 3.04. The number of fused-ring (bicyclic) bond motifs is 1. The average molecular weight is 395 g/mol. The van der Waals surface area contributed by atoms with Gasteiger partial charge in [0.25, 0.3) is 0 Å². The molecule has 0 amide bonds. The molecule has 0 aromatic heterocycles. The maximum Gasteiger partial charge on any atom is 0.168 e. The maximum absolute atomic E-state index is 9.58. The molecule has 0 bridgehead atoms. The minimum atomic E-state index is 0.225. The van der Waals surface area contributed by atoms with Crippen LogP contribution >= 0.6 is 0 Å². The van der Waals surface area contributed by atoms with Crippen molar-refractivity contribution in [2.24, 2.45) is 0 Å². The van der Waals surface area contributed by atoms with Crippen LogP contribution in [0, 0.1) is 0 Å². The number of para-hydroxylation sites is 1. The van der Waals surface area contributed by atoms with Crippen molar-refractivity contribution in [2.75, 3.05) is 46.5 Å². The molecule has 2 aromatic carbocycles. The van der Waals surface area contributed by atoms with Gasteiger partial charge in [-0.1, -0.05) is 42.5 Å². The van der Waals surface area contributed by atoms with Crippen molar-refractivity contribution in [3.05, 3.63) is 65.2 Å². The summed E-state index contributed by atoms with van der Waals surface area (Å²) in [6.45, 7) is 5.67. The highest BCUT2D eigenvalue weighted by atomic mass is 16.5. The molecule has 0 spiro atoms. The first-order valence-corrected chi connectivity index (χ1v) is 10.4. The zero-order valence-electron chi connectivity index (χ0n) is 17.1. The molecule has 4 rings (SSSR count). The molecule has 0 radical (unpaired) electrons. The van der Waals surface area contributed by atoms with Gasteiger partial charge in [-0.15, -0.1) is 0 Å². The predicted octanol–water partition coefficient (Wildman–Crippen LogP) is 3.04. The Morgan fingerprint density at radius 3 is 2.72 bits per heavy atom. The van der Waals surface area contributed by atoms with Crippen LogP contribution in [0.15, 0.2) is 54.1 Å². The zero-order chi connectivity index (χ0) is 20.1. The van der Waals surface area contributed by atoms with E-state index >= 15 is 0 Å². The zero-order valence-corrected chi connectivity index (χ0v) is 17.1. The molecular weight excluding hydrogens is 364 g/mol. The van der Waals surface area contributed by atoms with Crippen molar-refractivity contribution in [1.29, 1.82) is 0 Å². The second-order valence-corrected chi connectivity index (χ2v) is 7.83. The fourth-order valence-electron chi connectivity index (χ4n) is 4.32. The van der Waals surface area contributed by atoms with Crippen LogP contribution in [0.4, 0.5) is 0 Å². The number of aliphatic hydroxyl groups is 1. The number of hydrogen-bond acceptors (Lipinski definition) is 5. The van der Waals surface area contributed by atoms with Crippen molar-refractivity contribution in [2.45, 2.75) is 19.0 Å². The van der Waals surface area contributed by atoms with Gasteiger partial charge >= 0.3 is 0 Å². The van der Waals surface area contributed by atoms with Crippen molar-refractivity contribution in [3.63, 3.8) is 0 Å². The van der Waals surface area contributed by atoms with Crippen LogP contribution in [0.25, 0.3) is 6.08 Å². The van der Waals surface area contributed by atoms with Gasteiger partial charge in [0.2, 0.25) is 0 Å². The van der Waals surface area contributed by atoms with E-state index in [1.165, 1.54) is 11.1 Å². The lowest BCUT2D eigenvalue weighted by Crippen LogP contribution is -2.53. The molecule has 1 N–H and O–H groups in total. The number of nitrogens with zero attached hydrogens (tertiary/aromatic N) is 2. The molecule has 29 heavy (non-hydrogen) atoms. The summed E-state index contributed by atoms with van der Waals surface area (Å²) in [5.41, 5.74) is 3.70. The van der Waals surface area contributed by atoms with Gasteiger partial charge in [-0.25, -0.2) is 0 Å². The lowest BCUT2D eigenvalue weighted by Gasteiger charge is -2.42. The first-order chi connectivity index (χ1) is 14.3. The first-order valence-electron chi connectivity index (χ1n) is 10.4. The van der Waals surface area contributed by atoms with E-state index < -0.39 is 0 Å². The van der Waals surface area contributed by atoms with Gasteiger partial charge in [-0.2, -0.15) is 0 Å². The van der Waals surface area contributed by atoms with Crippen LogP contribution in [-0.4, -0.2) is 67.5 Å². The van der Waals surface area contributed by atoms with E-state index in [4.69, 9.17) is 9.47 Å². The molecule has 2 heterocycles. The Bertz CT molecular complexity index is 837. The van der Waals surface area contributed by atoms with Crippen molar-refractivity contribution in [3.8, 4) is 11.5 Å². The highest BCUT2D eigenvalue weighted by Crippen LogP contribution is 2.35. The Morgan fingerprint density at radius 1 is 1.07 bits per heavy atom. The summed E-state index contributed by atoms with van der Waals surface area (Å²) >= 11 is 0. The van der Waals surface area contributed by atoms with Crippen molar-refractivity contribution < 1.29 is 14.6 Å². The van der Waals surface area contributed by atoms with Gasteiger partial charge in [-0.05, 0) is 29.7 Å². The minimum Gasteiger partial charge on any atom is -0.493 e. The smallest absolute Gasteiger partial charge is 0.168 e. The molecule has 154 valence electrons. The van der Waals surface area contributed by atoms with E-state index in [-0.39, 0.29) is 6.61 Å². The molecule has 1 atom stereocenters. The van der Waals surface area contributed by atoms with Gasteiger partial charge < -0.3 is 14.6 Å². The van der Waals surface area contributed by atoms with Gasteiger partial charge in [-0.3, -0.25) is 9.80 Å². The van der Waals surface area contributed by atoms with Gasteiger partial charge in [0.1, 0.15) is 6.61 Å². The van der Waals surface area contributed by atoms with Crippen LogP contribution in [-0.2, 0) is 6.54 Å². The fraction of sp³-hybridized carbons (Fsp3) is 0.417. The van der Waals surface area contributed by atoms with Crippen LogP contribution in [0.1, 0.15) is 17.5 Å². The summed E-state index contributed by atoms with van der Waals surface area (Å²) in [4.78, 5) is 5.00. The summed E-state index contributed by atoms with van der Waals surface area (Å²) in [5, 5.41) is 9.58. The Morgan fingerprint density at radius 2 is 1.93 bits per heavy atom. The Kier molecular flexibility index (Phi) is 6.49. The average Bonchev–Trinajstić information content (AvgIpc) is 2.76. The number of benzene rings is 2. The van der Waals surface area contributed by atoms with E-state index in [1.807, 2.05) is 12.1 Å². The summed E-state index contributed by atoms with van der Waals surface area (Å²) < 4.78 is 11.4. The molecule has 0 aliphatic carbocycles. The molecule has 1 saturated heterocycles. The number of rotatable bonds is 7. The van der Waals surface area contributed by atoms with E-state index in [2.05, 4.69) is 52.3 Å². The second kappa shape index (κ2) is 9.44. The topological polar surface area (TPSA) is 45.2 Å². The van der Waals surface area contributed by atoms with Crippen LogP contribution in [0.3, 0.4) is 0 Å². The highest BCUT2D eigenvalue weighted by Gasteiger charge is 2.27. The number of aliphatic hydroxyl groups excluding tert-OH is 1. The number of methoxy groups -OCH3 is 1. The quantitative estimate of drug-likeness (QED) is 0.782. The molecule has 2 aliphatic heterocycles. The number of piperazine rings is 1. The Balaban J connectivity index is 1.41. The second-order valence-electron chi connectivity index (χ2n) is 7.83. The third kappa shape index (κ3) is 4.81. The molecule has 2 aromatic rings. The lowest BCUT2D eigenvalue weighted by molar-refractivity contribution is 0.0574. The van der Waals surface area contributed by atoms with Gasteiger partial charge in [0, 0.05) is 50.9 Å². The Hall–Kier alpha value is -2.34. The van der Waals surface area contributed by atoms with E-state index in [0.717, 1.165) is 56.2 Å². The first kappa shape index (κ1) is 20.0. The largest absolute Gasteiger partial charge is 0.493 e. The van der Waals surface area contributed by atoms with Crippen molar-refractivity contribution >= 4 is 6.08 Å². The molecule has 5 heteroatoms. The third-order valence-electron chi connectivity index (χ3n) is 5.80.